The highest BCUT2D eigenvalue weighted by atomic mass is 16.3. The predicted molar refractivity (Wildman–Crippen MR) is 53.5 cm³/mol. The van der Waals surface area contributed by atoms with Crippen molar-refractivity contribution >= 4 is 5.91 Å². The summed E-state index contributed by atoms with van der Waals surface area (Å²) in [6, 6.07) is 2.54. The van der Waals surface area contributed by atoms with Gasteiger partial charge in [0.25, 0.3) is 11.5 Å². The van der Waals surface area contributed by atoms with Gasteiger partial charge in [0, 0.05) is 6.07 Å². The minimum absolute atomic E-state index is 0.108. The number of aliphatic hydroxyl groups is 1. The molecule has 82 valence electrons. The van der Waals surface area contributed by atoms with Crippen molar-refractivity contribution in [2.24, 2.45) is 0 Å². The van der Waals surface area contributed by atoms with E-state index in [4.69, 9.17) is 5.11 Å². The zero-order valence-corrected chi connectivity index (χ0v) is 8.57. The molecule has 1 aromatic heterocycles. The molecule has 1 aromatic rings. The van der Waals surface area contributed by atoms with Gasteiger partial charge in [0.15, 0.2) is 0 Å². The fraction of sp³-hybridized carbons (Fsp3) is 0.444. The molecule has 1 amide bonds. The number of hydrogen-bond donors (Lipinski definition) is 3. The first-order chi connectivity index (χ1) is 6.94. The topological polar surface area (TPSA) is 95.1 Å². The van der Waals surface area contributed by atoms with E-state index in [9.17, 15) is 9.59 Å². The summed E-state index contributed by atoms with van der Waals surface area (Å²) in [5, 5.41) is 17.2. The van der Waals surface area contributed by atoms with Gasteiger partial charge >= 0.3 is 0 Å². The Morgan fingerprint density at radius 3 is 2.73 bits per heavy atom. The summed E-state index contributed by atoms with van der Waals surface area (Å²) in [6.07, 6.45) is 0. The first-order valence-electron chi connectivity index (χ1n) is 4.44. The molecule has 0 aromatic carbocycles. The number of carbonyl (C=O) groups is 1. The highest BCUT2D eigenvalue weighted by Gasteiger charge is 2.20. The number of rotatable bonds is 3. The summed E-state index contributed by atoms with van der Waals surface area (Å²) in [6.45, 7) is 3.18. The zero-order valence-electron chi connectivity index (χ0n) is 8.57. The number of nitrogens with zero attached hydrogens (tertiary/aromatic N) is 1. The third kappa shape index (κ3) is 3.17. The molecule has 0 aliphatic heterocycles. The normalized spacial score (nSPS) is 11.1. The lowest BCUT2D eigenvalue weighted by Gasteiger charge is -2.22. The van der Waals surface area contributed by atoms with Crippen LogP contribution in [0.2, 0.25) is 0 Å². The van der Waals surface area contributed by atoms with Crippen LogP contribution in [0.15, 0.2) is 16.9 Å². The average molecular weight is 211 g/mol. The van der Waals surface area contributed by atoms with E-state index in [1.54, 1.807) is 13.8 Å². The second kappa shape index (κ2) is 4.22. The van der Waals surface area contributed by atoms with Crippen molar-refractivity contribution in [2.45, 2.75) is 19.4 Å². The van der Waals surface area contributed by atoms with Gasteiger partial charge in [0.05, 0.1) is 12.1 Å². The van der Waals surface area contributed by atoms with E-state index in [0.717, 1.165) is 0 Å². The van der Waals surface area contributed by atoms with Crippen molar-refractivity contribution in [3.05, 3.63) is 28.2 Å². The molecule has 0 aliphatic rings. The molecule has 0 atom stereocenters. The SMILES string of the molecule is CC(C)(CO)NC(=O)c1ccc(=O)[nH]n1. The number of aromatic amines is 1. The number of carbonyl (C=O) groups excluding carboxylic acids is 1. The molecular weight excluding hydrogens is 198 g/mol. The van der Waals surface area contributed by atoms with Crippen molar-refractivity contribution in [2.75, 3.05) is 6.61 Å². The summed E-state index contributed by atoms with van der Waals surface area (Å²) in [5.74, 6) is -0.440. The van der Waals surface area contributed by atoms with E-state index in [1.165, 1.54) is 12.1 Å². The van der Waals surface area contributed by atoms with E-state index in [1.807, 2.05) is 0 Å². The monoisotopic (exact) mass is 211 g/mol. The van der Waals surface area contributed by atoms with E-state index in [-0.39, 0.29) is 17.9 Å². The number of amides is 1. The van der Waals surface area contributed by atoms with Gasteiger partial charge < -0.3 is 10.4 Å². The molecule has 0 saturated heterocycles. The van der Waals surface area contributed by atoms with Gasteiger partial charge in [0.2, 0.25) is 0 Å². The van der Waals surface area contributed by atoms with E-state index < -0.39 is 11.4 Å². The molecule has 1 heterocycles. The summed E-state index contributed by atoms with van der Waals surface area (Å²) < 4.78 is 0. The summed E-state index contributed by atoms with van der Waals surface area (Å²) in [5.41, 5.74) is -0.973. The van der Waals surface area contributed by atoms with Gasteiger partial charge in [-0.3, -0.25) is 9.59 Å². The highest BCUT2D eigenvalue weighted by molar-refractivity contribution is 5.92. The quantitative estimate of drug-likeness (QED) is 0.614. The largest absolute Gasteiger partial charge is 0.394 e. The summed E-state index contributed by atoms with van der Waals surface area (Å²) in [4.78, 5) is 22.2. The third-order valence-electron chi connectivity index (χ3n) is 1.76. The van der Waals surface area contributed by atoms with E-state index in [0.29, 0.717) is 0 Å². The zero-order chi connectivity index (χ0) is 11.5. The fourth-order valence-corrected chi connectivity index (χ4v) is 0.882. The molecule has 0 radical (unpaired) electrons. The molecule has 0 spiro atoms. The van der Waals surface area contributed by atoms with E-state index in [2.05, 4.69) is 15.5 Å². The minimum Gasteiger partial charge on any atom is -0.394 e. The van der Waals surface area contributed by atoms with Gasteiger partial charge in [-0.1, -0.05) is 0 Å². The summed E-state index contributed by atoms with van der Waals surface area (Å²) in [7, 11) is 0. The molecule has 1 rings (SSSR count). The first-order valence-corrected chi connectivity index (χ1v) is 4.44. The van der Waals surface area contributed by atoms with Crippen LogP contribution < -0.4 is 10.9 Å². The fourth-order valence-electron chi connectivity index (χ4n) is 0.882. The number of nitrogens with one attached hydrogen (secondary N) is 2. The number of aliphatic hydroxyl groups excluding tert-OH is 1. The highest BCUT2D eigenvalue weighted by Crippen LogP contribution is 2.01. The van der Waals surface area contributed by atoms with Gasteiger partial charge in [0.1, 0.15) is 5.69 Å². The van der Waals surface area contributed by atoms with E-state index >= 15 is 0 Å². The second-order valence-corrected chi connectivity index (χ2v) is 3.80. The minimum atomic E-state index is -0.713. The van der Waals surface area contributed by atoms with Crippen LogP contribution in [0.5, 0.6) is 0 Å². The molecular formula is C9H13N3O3. The molecule has 0 aliphatic carbocycles. The van der Waals surface area contributed by atoms with Crippen LogP contribution in [0.3, 0.4) is 0 Å². The van der Waals surface area contributed by atoms with Crippen molar-refractivity contribution in [1.29, 1.82) is 0 Å². The lowest BCUT2D eigenvalue weighted by atomic mass is 10.1. The number of hydrogen-bond acceptors (Lipinski definition) is 4. The maximum Gasteiger partial charge on any atom is 0.272 e. The Morgan fingerprint density at radius 1 is 1.60 bits per heavy atom. The van der Waals surface area contributed by atoms with Crippen LogP contribution >= 0.6 is 0 Å². The van der Waals surface area contributed by atoms with Crippen LogP contribution in [0.4, 0.5) is 0 Å². The maximum absolute atomic E-state index is 11.5. The van der Waals surface area contributed by atoms with Gasteiger partial charge in [-0.25, -0.2) is 5.10 Å². The van der Waals surface area contributed by atoms with Gasteiger partial charge in [-0.05, 0) is 19.9 Å². The number of aromatic nitrogens is 2. The van der Waals surface area contributed by atoms with Crippen molar-refractivity contribution in [1.82, 2.24) is 15.5 Å². The van der Waals surface area contributed by atoms with Gasteiger partial charge in [-0.2, -0.15) is 5.10 Å². The lowest BCUT2D eigenvalue weighted by molar-refractivity contribution is 0.0863. The van der Waals surface area contributed by atoms with Crippen LogP contribution in [0, 0.1) is 0 Å². The van der Waals surface area contributed by atoms with Crippen molar-refractivity contribution in [3.8, 4) is 0 Å². The average Bonchev–Trinajstić information content (AvgIpc) is 2.18. The Balaban J connectivity index is 2.78. The van der Waals surface area contributed by atoms with Crippen molar-refractivity contribution < 1.29 is 9.90 Å². The van der Waals surface area contributed by atoms with Crippen LogP contribution in [-0.2, 0) is 0 Å². The molecule has 0 saturated carbocycles. The first kappa shape index (κ1) is 11.4. The van der Waals surface area contributed by atoms with Crippen LogP contribution in [0.25, 0.3) is 0 Å². The Bertz CT molecular complexity index is 391. The third-order valence-corrected chi connectivity index (χ3v) is 1.76. The Labute approximate surface area is 86.3 Å². The smallest absolute Gasteiger partial charge is 0.272 e. The maximum atomic E-state index is 11.5. The Kier molecular flexibility index (Phi) is 3.21. The second-order valence-electron chi connectivity index (χ2n) is 3.80. The number of H-pyrrole nitrogens is 1. The summed E-state index contributed by atoms with van der Waals surface area (Å²) >= 11 is 0. The molecule has 0 bridgehead atoms. The lowest BCUT2D eigenvalue weighted by Crippen LogP contribution is -2.46. The molecule has 0 unspecified atom stereocenters. The van der Waals surface area contributed by atoms with Crippen LogP contribution in [0.1, 0.15) is 24.3 Å². The predicted octanol–water partition coefficient (Wildman–Crippen LogP) is -0.729. The Hall–Kier alpha value is -1.69. The Morgan fingerprint density at radius 2 is 2.27 bits per heavy atom. The molecule has 6 nitrogen and oxygen atoms in total. The molecule has 0 fully saturated rings. The molecule has 3 N–H and O–H groups in total. The molecule has 6 heteroatoms. The van der Waals surface area contributed by atoms with Gasteiger partial charge in [-0.15, -0.1) is 0 Å². The molecule has 15 heavy (non-hydrogen) atoms. The van der Waals surface area contributed by atoms with Crippen LogP contribution in [-0.4, -0.2) is 33.4 Å². The van der Waals surface area contributed by atoms with Crippen molar-refractivity contribution in [3.63, 3.8) is 0 Å². The standard InChI is InChI=1S/C9H13N3O3/c1-9(2,5-13)10-8(15)6-3-4-7(14)12-11-6/h3-4,13H,5H2,1-2H3,(H,10,15)(H,12,14).